The molecule has 8 nitrogen and oxygen atoms in total. The van der Waals surface area contributed by atoms with Crippen molar-refractivity contribution < 1.29 is 14.7 Å². The number of hydrogen-bond acceptors (Lipinski definition) is 4. The molecular weight excluding hydrogens is 262 g/mol. The van der Waals surface area contributed by atoms with Gasteiger partial charge in [-0.2, -0.15) is 5.10 Å². The van der Waals surface area contributed by atoms with Gasteiger partial charge in [0.1, 0.15) is 6.33 Å². The van der Waals surface area contributed by atoms with Crippen molar-refractivity contribution in [1.29, 1.82) is 0 Å². The summed E-state index contributed by atoms with van der Waals surface area (Å²) in [6.07, 6.45) is 3.61. The van der Waals surface area contributed by atoms with Crippen molar-refractivity contribution in [1.82, 2.24) is 25.4 Å². The summed E-state index contributed by atoms with van der Waals surface area (Å²) in [5.41, 5.74) is -0.888. The molecule has 1 aliphatic rings. The van der Waals surface area contributed by atoms with Crippen molar-refractivity contribution >= 4 is 12.0 Å². The summed E-state index contributed by atoms with van der Waals surface area (Å²) >= 11 is 0. The first-order valence-corrected chi connectivity index (χ1v) is 6.54. The lowest BCUT2D eigenvalue weighted by molar-refractivity contribution is -0.148. The highest BCUT2D eigenvalue weighted by Gasteiger charge is 2.45. The van der Waals surface area contributed by atoms with Crippen LogP contribution < -0.4 is 10.6 Å². The fourth-order valence-corrected chi connectivity index (χ4v) is 2.49. The van der Waals surface area contributed by atoms with Crippen LogP contribution in [0.4, 0.5) is 4.79 Å². The number of rotatable bonds is 4. The molecule has 0 spiro atoms. The molecule has 0 aliphatic heterocycles. The Balaban J connectivity index is 1.86. The van der Waals surface area contributed by atoms with Gasteiger partial charge in [0.2, 0.25) is 0 Å². The fraction of sp³-hybridized carbons (Fsp3) is 0.667. The topological polar surface area (TPSA) is 109 Å². The summed E-state index contributed by atoms with van der Waals surface area (Å²) in [6.45, 7) is 1.89. The third kappa shape index (κ3) is 2.89. The zero-order valence-corrected chi connectivity index (χ0v) is 11.6. The average molecular weight is 281 g/mol. The number of carbonyl (C=O) groups excluding carboxylic acids is 1. The number of aryl methyl sites for hydroxylation is 1. The SMILES string of the molecule is Cn1cnc(CNC(=O)NC2CCCC2(C)C(=O)O)n1. The van der Waals surface area contributed by atoms with E-state index in [1.54, 1.807) is 25.0 Å². The third-order valence-electron chi connectivity index (χ3n) is 3.81. The van der Waals surface area contributed by atoms with Gasteiger partial charge in [0.25, 0.3) is 0 Å². The highest BCUT2D eigenvalue weighted by atomic mass is 16.4. The van der Waals surface area contributed by atoms with Crippen LogP contribution in [0.25, 0.3) is 0 Å². The zero-order chi connectivity index (χ0) is 14.8. The molecule has 20 heavy (non-hydrogen) atoms. The number of amides is 2. The predicted octanol–water partition coefficient (Wildman–Crippen LogP) is 0.258. The monoisotopic (exact) mass is 281 g/mol. The van der Waals surface area contributed by atoms with Crippen LogP contribution in [0.5, 0.6) is 0 Å². The van der Waals surface area contributed by atoms with Crippen molar-refractivity contribution in [2.75, 3.05) is 0 Å². The largest absolute Gasteiger partial charge is 0.481 e. The average Bonchev–Trinajstić information content (AvgIpc) is 2.95. The minimum Gasteiger partial charge on any atom is -0.481 e. The maximum absolute atomic E-state index is 11.8. The van der Waals surface area contributed by atoms with Gasteiger partial charge in [-0.25, -0.2) is 9.78 Å². The van der Waals surface area contributed by atoms with Crippen molar-refractivity contribution in [3.63, 3.8) is 0 Å². The summed E-state index contributed by atoms with van der Waals surface area (Å²) in [6, 6.07) is -0.742. The van der Waals surface area contributed by atoms with Crippen LogP contribution in [0, 0.1) is 5.41 Å². The first kappa shape index (κ1) is 14.3. The normalized spacial score (nSPS) is 25.4. The molecule has 1 aromatic rings. The standard InChI is InChI=1S/C12H19N5O3/c1-12(10(18)19)5-3-4-8(12)15-11(20)13-6-9-14-7-17(2)16-9/h7-8H,3-6H2,1-2H3,(H,18,19)(H2,13,15,20). The van der Waals surface area contributed by atoms with E-state index in [9.17, 15) is 14.7 Å². The molecule has 8 heteroatoms. The Morgan fingerprint density at radius 1 is 1.60 bits per heavy atom. The van der Waals surface area contributed by atoms with E-state index < -0.39 is 17.4 Å². The van der Waals surface area contributed by atoms with Crippen molar-refractivity contribution in [2.45, 2.75) is 38.8 Å². The van der Waals surface area contributed by atoms with Gasteiger partial charge in [-0.15, -0.1) is 0 Å². The van der Waals surface area contributed by atoms with Crippen LogP contribution >= 0.6 is 0 Å². The van der Waals surface area contributed by atoms with Crippen LogP contribution in [0.15, 0.2) is 6.33 Å². The summed E-state index contributed by atoms with van der Waals surface area (Å²) in [7, 11) is 1.74. The smallest absolute Gasteiger partial charge is 0.315 e. The summed E-state index contributed by atoms with van der Waals surface area (Å²) in [5, 5.41) is 18.7. The lowest BCUT2D eigenvalue weighted by Crippen LogP contribution is -2.50. The molecule has 0 saturated heterocycles. The Kier molecular flexibility index (Phi) is 3.91. The first-order valence-electron chi connectivity index (χ1n) is 6.54. The minimum absolute atomic E-state index is 0.211. The van der Waals surface area contributed by atoms with Gasteiger partial charge in [0, 0.05) is 13.1 Å². The Morgan fingerprint density at radius 2 is 2.35 bits per heavy atom. The van der Waals surface area contributed by atoms with Gasteiger partial charge < -0.3 is 15.7 Å². The molecule has 2 amide bonds. The Labute approximate surface area is 116 Å². The number of urea groups is 1. The van der Waals surface area contributed by atoms with Crippen molar-refractivity contribution in [2.24, 2.45) is 12.5 Å². The van der Waals surface area contributed by atoms with Crippen LogP contribution in [0.1, 0.15) is 32.0 Å². The summed E-state index contributed by atoms with van der Waals surface area (Å²) in [5.74, 6) is -0.359. The van der Waals surface area contributed by atoms with Crippen LogP contribution in [-0.4, -0.2) is 37.9 Å². The van der Waals surface area contributed by atoms with Crippen LogP contribution in [0.3, 0.4) is 0 Å². The summed E-state index contributed by atoms with van der Waals surface area (Å²) in [4.78, 5) is 27.1. The highest BCUT2D eigenvalue weighted by molar-refractivity contribution is 5.79. The second-order valence-corrected chi connectivity index (χ2v) is 5.33. The number of aromatic nitrogens is 3. The summed E-state index contributed by atoms with van der Waals surface area (Å²) < 4.78 is 1.55. The molecule has 1 aromatic heterocycles. The lowest BCUT2D eigenvalue weighted by atomic mass is 9.85. The van der Waals surface area contributed by atoms with E-state index >= 15 is 0 Å². The van der Waals surface area contributed by atoms with E-state index in [0.717, 1.165) is 6.42 Å². The zero-order valence-electron chi connectivity index (χ0n) is 11.6. The second kappa shape index (κ2) is 5.48. The van der Waals surface area contributed by atoms with E-state index in [2.05, 4.69) is 20.7 Å². The molecule has 0 radical (unpaired) electrons. The van der Waals surface area contributed by atoms with E-state index in [1.807, 2.05) is 0 Å². The number of carboxylic acids is 1. The number of carboxylic acid groups (broad SMARTS) is 1. The van der Waals surface area contributed by atoms with Gasteiger partial charge in [-0.05, 0) is 19.8 Å². The maximum atomic E-state index is 11.8. The molecule has 1 heterocycles. The van der Waals surface area contributed by atoms with Crippen molar-refractivity contribution in [3.8, 4) is 0 Å². The number of nitrogens with zero attached hydrogens (tertiary/aromatic N) is 3. The van der Waals surface area contributed by atoms with E-state index in [0.29, 0.717) is 18.7 Å². The van der Waals surface area contributed by atoms with Gasteiger partial charge in [-0.1, -0.05) is 6.42 Å². The van der Waals surface area contributed by atoms with Gasteiger partial charge in [0.15, 0.2) is 5.82 Å². The predicted molar refractivity (Wildman–Crippen MR) is 69.8 cm³/mol. The minimum atomic E-state index is -0.888. The van der Waals surface area contributed by atoms with E-state index in [1.165, 1.54) is 0 Å². The Hall–Kier alpha value is -2.12. The molecular formula is C12H19N5O3. The Morgan fingerprint density at radius 3 is 2.95 bits per heavy atom. The molecule has 110 valence electrons. The number of aliphatic carboxylic acids is 1. The van der Waals surface area contributed by atoms with E-state index in [4.69, 9.17) is 0 Å². The number of hydrogen-bond donors (Lipinski definition) is 3. The molecule has 2 unspecified atom stereocenters. The van der Waals surface area contributed by atoms with Gasteiger partial charge in [0.05, 0.1) is 12.0 Å². The Bertz CT molecular complexity index is 515. The van der Waals surface area contributed by atoms with Crippen LogP contribution in [-0.2, 0) is 18.4 Å². The third-order valence-corrected chi connectivity index (χ3v) is 3.81. The van der Waals surface area contributed by atoms with E-state index in [-0.39, 0.29) is 12.6 Å². The molecule has 1 fully saturated rings. The molecule has 2 atom stereocenters. The van der Waals surface area contributed by atoms with Gasteiger partial charge >= 0.3 is 12.0 Å². The molecule has 0 bridgehead atoms. The maximum Gasteiger partial charge on any atom is 0.315 e. The molecule has 0 aromatic carbocycles. The van der Waals surface area contributed by atoms with Crippen LogP contribution in [0.2, 0.25) is 0 Å². The highest BCUT2D eigenvalue weighted by Crippen LogP contribution is 2.38. The lowest BCUT2D eigenvalue weighted by Gasteiger charge is -2.27. The molecule has 3 N–H and O–H groups in total. The quantitative estimate of drug-likeness (QED) is 0.733. The molecule has 2 rings (SSSR count). The molecule has 1 saturated carbocycles. The first-order chi connectivity index (χ1) is 9.41. The fourth-order valence-electron chi connectivity index (χ4n) is 2.49. The van der Waals surface area contributed by atoms with Crippen molar-refractivity contribution in [3.05, 3.63) is 12.2 Å². The van der Waals surface area contributed by atoms with Gasteiger partial charge in [-0.3, -0.25) is 9.48 Å². The number of nitrogens with one attached hydrogen (secondary N) is 2. The molecule has 1 aliphatic carbocycles. The second-order valence-electron chi connectivity index (χ2n) is 5.33. The number of carbonyl (C=O) groups is 2.